The second-order valence-electron chi connectivity index (χ2n) is 8.24. The van der Waals surface area contributed by atoms with E-state index in [1.807, 2.05) is 32.9 Å². The van der Waals surface area contributed by atoms with Gasteiger partial charge in [0.1, 0.15) is 17.1 Å². The largest absolute Gasteiger partial charge is 0.505 e. The molecule has 0 amide bonds. The summed E-state index contributed by atoms with van der Waals surface area (Å²) in [6.45, 7) is 12.4. The molecule has 25 heavy (non-hydrogen) atoms. The molecule has 0 aliphatic heterocycles. The predicted molar refractivity (Wildman–Crippen MR) is 105 cm³/mol. The molecule has 0 aromatic heterocycles. The van der Waals surface area contributed by atoms with Gasteiger partial charge in [0.15, 0.2) is 5.78 Å². The Morgan fingerprint density at radius 1 is 0.920 bits per heavy atom. The topological polar surface area (TPSA) is 49.7 Å². The SMILES string of the molecule is CC(C)(C)c1cc(N=C2C(Cl)=CC(=O)C=C2Cl)c(O)c(C(C)(C)C)c1. The van der Waals surface area contributed by atoms with Gasteiger partial charge in [-0.15, -0.1) is 0 Å². The number of phenols is 1. The lowest BCUT2D eigenvalue weighted by molar-refractivity contribution is -0.110. The average Bonchev–Trinajstić information content (AvgIpc) is 2.41. The molecule has 3 nitrogen and oxygen atoms in total. The van der Waals surface area contributed by atoms with Crippen molar-refractivity contribution in [1.29, 1.82) is 0 Å². The number of aliphatic imine (C=N–C) groups is 1. The highest BCUT2D eigenvalue weighted by Gasteiger charge is 2.26. The number of allylic oxidation sites excluding steroid dienone is 4. The lowest BCUT2D eigenvalue weighted by Gasteiger charge is -2.27. The average molecular weight is 380 g/mol. The highest BCUT2D eigenvalue weighted by molar-refractivity contribution is 6.58. The van der Waals surface area contributed by atoms with Crippen LogP contribution in [0.2, 0.25) is 0 Å². The number of aromatic hydroxyl groups is 1. The van der Waals surface area contributed by atoms with Crippen molar-refractivity contribution in [1.82, 2.24) is 0 Å². The van der Waals surface area contributed by atoms with Gasteiger partial charge in [-0.25, -0.2) is 4.99 Å². The van der Waals surface area contributed by atoms with E-state index in [4.69, 9.17) is 23.2 Å². The molecule has 0 fully saturated rings. The zero-order valence-electron chi connectivity index (χ0n) is 15.4. The molecule has 2 rings (SSSR count). The minimum Gasteiger partial charge on any atom is -0.505 e. The number of carbonyl (C=O) groups is 1. The Hall–Kier alpha value is -1.58. The first-order chi connectivity index (χ1) is 11.3. The van der Waals surface area contributed by atoms with Gasteiger partial charge in [-0.1, -0.05) is 70.8 Å². The van der Waals surface area contributed by atoms with Crippen molar-refractivity contribution in [2.75, 3.05) is 0 Å². The van der Waals surface area contributed by atoms with E-state index in [2.05, 4.69) is 25.8 Å². The van der Waals surface area contributed by atoms with Crippen LogP contribution in [0.4, 0.5) is 5.69 Å². The van der Waals surface area contributed by atoms with E-state index in [1.54, 1.807) is 0 Å². The van der Waals surface area contributed by atoms with E-state index in [1.165, 1.54) is 12.2 Å². The monoisotopic (exact) mass is 379 g/mol. The number of rotatable bonds is 1. The van der Waals surface area contributed by atoms with Crippen molar-refractivity contribution in [2.45, 2.75) is 52.4 Å². The summed E-state index contributed by atoms with van der Waals surface area (Å²) in [5, 5.41) is 11.1. The number of ketones is 1. The second-order valence-corrected chi connectivity index (χ2v) is 9.05. The lowest BCUT2D eigenvalue weighted by atomic mass is 9.80. The van der Waals surface area contributed by atoms with E-state index in [0.717, 1.165) is 11.1 Å². The number of benzene rings is 1. The number of halogens is 2. The van der Waals surface area contributed by atoms with Crippen LogP contribution in [0.3, 0.4) is 0 Å². The molecular weight excluding hydrogens is 357 g/mol. The summed E-state index contributed by atoms with van der Waals surface area (Å²) >= 11 is 12.3. The van der Waals surface area contributed by atoms with Gasteiger partial charge < -0.3 is 5.11 Å². The molecule has 1 N–H and O–H groups in total. The minimum absolute atomic E-state index is 0.0961. The van der Waals surface area contributed by atoms with Gasteiger partial charge in [0.25, 0.3) is 0 Å². The molecule has 1 aromatic carbocycles. The first kappa shape index (κ1) is 19.7. The quantitative estimate of drug-likeness (QED) is 0.618. The van der Waals surface area contributed by atoms with Gasteiger partial charge >= 0.3 is 0 Å². The van der Waals surface area contributed by atoms with E-state index >= 15 is 0 Å². The highest BCUT2D eigenvalue weighted by Crippen LogP contribution is 2.42. The zero-order chi connectivity index (χ0) is 19.2. The van der Waals surface area contributed by atoms with Gasteiger partial charge in [0.05, 0.1) is 10.1 Å². The summed E-state index contributed by atoms with van der Waals surface area (Å²) < 4.78 is 0. The van der Waals surface area contributed by atoms with Gasteiger partial charge in [-0.2, -0.15) is 0 Å². The Labute approximate surface area is 159 Å². The summed E-state index contributed by atoms with van der Waals surface area (Å²) in [5.74, 6) is -0.184. The van der Waals surface area contributed by atoms with Gasteiger partial charge in [-0.05, 0) is 22.5 Å². The molecule has 1 aliphatic carbocycles. The van der Waals surface area contributed by atoms with E-state index in [-0.39, 0.29) is 38.1 Å². The normalized spacial score (nSPS) is 15.8. The molecule has 0 unspecified atom stereocenters. The van der Waals surface area contributed by atoms with Crippen molar-refractivity contribution in [2.24, 2.45) is 4.99 Å². The second kappa shape index (κ2) is 6.62. The third-order valence-electron chi connectivity index (χ3n) is 3.99. The van der Waals surface area contributed by atoms with Crippen LogP contribution in [-0.2, 0) is 15.6 Å². The Bertz CT molecular complexity index is 795. The summed E-state index contributed by atoms with van der Waals surface area (Å²) in [6, 6.07) is 3.85. The van der Waals surface area contributed by atoms with E-state index in [0.29, 0.717) is 5.69 Å². The first-order valence-corrected chi connectivity index (χ1v) is 8.82. The maximum absolute atomic E-state index is 11.5. The number of hydrogen-bond acceptors (Lipinski definition) is 3. The fourth-order valence-corrected chi connectivity index (χ4v) is 3.03. The van der Waals surface area contributed by atoms with Crippen molar-refractivity contribution >= 4 is 40.4 Å². The number of phenolic OH excluding ortho intramolecular Hbond substituents is 1. The van der Waals surface area contributed by atoms with E-state index in [9.17, 15) is 9.90 Å². The Morgan fingerprint density at radius 2 is 1.44 bits per heavy atom. The summed E-state index contributed by atoms with van der Waals surface area (Å²) in [7, 11) is 0. The van der Waals surface area contributed by atoms with Crippen LogP contribution in [0.15, 0.2) is 39.3 Å². The number of hydrogen-bond donors (Lipinski definition) is 1. The van der Waals surface area contributed by atoms with Gasteiger partial charge in [-0.3, -0.25) is 4.79 Å². The predicted octanol–water partition coefficient (Wildman–Crippen LogP) is 5.89. The summed E-state index contributed by atoms with van der Waals surface area (Å²) in [6.07, 6.45) is 2.53. The fourth-order valence-electron chi connectivity index (χ4n) is 2.48. The van der Waals surface area contributed by atoms with Crippen molar-refractivity contribution in [3.8, 4) is 5.75 Å². The number of nitrogens with zero attached hydrogens (tertiary/aromatic N) is 1. The lowest BCUT2D eigenvalue weighted by Crippen LogP contribution is -2.16. The molecule has 0 heterocycles. The molecule has 0 bridgehead atoms. The molecule has 0 saturated heterocycles. The van der Waals surface area contributed by atoms with Crippen molar-refractivity contribution < 1.29 is 9.90 Å². The molecule has 0 saturated carbocycles. The minimum atomic E-state index is -0.281. The smallest absolute Gasteiger partial charge is 0.181 e. The summed E-state index contributed by atoms with van der Waals surface area (Å²) in [5.41, 5.74) is 2.13. The van der Waals surface area contributed by atoms with Crippen LogP contribution in [0.5, 0.6) is 5.75 Å². The molecule has 1 aliphatic rings. The van der Waals surface area contributed by atoms with Crippen LogP contribution in [0.25, 0.3) is 0 Å². The molecule has 134 valence electrons. The van der Waals surface area contributed by atoms with Gasteiger partial charge in [0, 0.05) is 17.7 Å². The van der Waals surface area contributed by atoms with Crippen LogP contribution in [0, 0.1) is 0 Å². The maximum atomic E-state index is 11.5. The van der Waals surface area contributed by atoms with Crippen LogP contribution >= 0.6 is 23.2 Å². The van der Waals surface area contributed by atoms with Crippen LogP contribution < -0.4 is 0 Å². The molecule has 0 radical (unpaired) electrons. The van der Waals surface area contributed by atoms with Crippen molar-refractivity contribution in [3.05, 3.63) is 45.5 Å². The fraction of sp³-hybridized carbons (Fsp3) is 0.400. The third-order valence-corrected chi connectivity index (χ3v) is 4.56. The molecule has 5 heteroatoms. The Morgan fingerprint density at radius 3 is 1.88 bits per heavy atom. The zero-order valence-corrected chi connectivity index (χ0v) is 16.9. The maximum Gasteiger partial charge on any atom is 0.181 e. The van der Waals surface area contributed by atoms with Gasteiger partial charge in [0.2, 0.25) is 0 Å². The molecule has 0 spiro atoms. The van der Waals surface area contributed by atoms with Crippen LogP contribution in [0.1, 0.15) is 52.7 Å². The molecular formula is C20H23Cl2NO2. The summed E-state index contributed by atoms with van der Waals surface area (Å²) in [4.78, 5) is 16.0. The molecule has 0 atom stereocenters. The standard InChI is InChI=1S/C20H23Cl2NO2/c1-19(2,3)11-7-13(20(4,5)6)18(25)16(8-11)23-17-14(21)9-12(24)10-15(17)22/h7-10,25H,1-6H3. The number of carbonyl (C=O) groups excluding carboxylic acids is 1. The highest BCUT2D eigenvalue weighted by atomic mass is 35.5. The van der Waals surface area contributed by atoms with E-state index < -0.39 is 0 Å². The molecule has 1 aromatic rings. The van der Waals surface area contributed by atoms with Crippen molar-refractivity contribution in [3.63, 3.8) is 0 Å². The Kier molecular flexibility index (Phi) is 5.23. The Balaban J connectivity index is 2.73. The first-order valence-electron chi connectivity index (χ1n) is 8.06. The van der Waals surface area contributed by atoms with Crippen LogP contribution in [-0.4, -0.2) is 16.6 Å². The third kappa shape index (κ3) is 4.34.